The van der Waals surface area contributed by atoms with Crippen LogP contribution in [0.1, 0.15) is 54.9 Å². The van der Waals surface area contributed by atoms with Gasteiger partial charge < -0.3 is 9.47 Å². The maximum absolute atomic E-state index is 14.0. The van der Waals surface area contributed by atoms with Crippen molar-refractivity contribution in [2.24, 2.45) is 0 Å². The molecule has 1 atom stereocenters. The van der Waals surface area contributed by atoms with Crippen LogP contribution in [0, 0.1) is 5.82 Å². The molecule has 1 aliphatic heterocycles. The van der Waals surface area contributed by atoms with E-state index < -0.39 is 0 Å². The average molecular weight is 368 g/mol. The molecule has 3 aromatic rings. The van der Waals surface area contributed by atoms with E-state index in [4.69, 9.17) is 0 Å². The van der Waals surface area contributed by atoms with E-state index in [1.807, 2.05) is 0 Å². The second-order valence-electron chi connectivity index (χ2n) is 7.18. The molecule has 0 spiro atoms. The molecule has 1 aromatic carbocycles. The van der Waals surface area contributed by atoms with Gasteiger partial charge in [-0.2, -0.15) is 5.10 Å². The fraction of sp³-hybridized carbons (Fsp3) is 0.368. The van der Waals surface area contributed by atoms with Gasteiger partial charge in [0.05, 0.1) is 18.3 Å². The van der Waals surface area contributed by atoms with Gasteiger partial charge in [-0.3, -0.25) is 9.89 Å². The van der Waals surface area contributed by atoms with E-state index in [-0.39, 0.29) is 23.7 Å². The molecule has 140 valence electrons. The number of aromatic nitrogens is 5. The van der Waals surface area contributed by atoms with Crippen molar-refractivity contribution in [3.63, 3.8) is 0 Å². The molecule has 0 saturated heterocycles. The summed E-state index contributed by atoms with van der Waals surface area (Å²) in [6.07, 6.45) is 0. The van der Waals surface area contributed by atoms with E-state index in [1.54, 1.807) is 29.2 Å². The fourth-order valence-corrected chi connectivity index (χ4v) is 3.52. The average Bonchev–Trinajstić information content (AvgIpc) is 3.29. The van der Waals surface area contributed by atoms with Crippen LogP contribution in [-0.2, 0) is 6.54 Å². The first-order chi connectivity index (χ1) is 13.0. The first kappa shape index (κ1) is 17.4. The Morgan fingerprint density at radius 3 is 2.81 bits per heavy atom. The molecule has 0 radical (unpaired) electrons. The number of amides is 1. The largest absolute Gasteiger partial charge is 0.328 e. The lowest BCUT2D eigenvalue weighted by molar-refractivity contribution is 0.0673. The van der Waals surface area contributed by atoms with Crippen molar-refractivity contribution in [1.29, 1.82) is 0 Å². The molecular formula is C19H21FN6O. The van der Waals surface area contributed by atoms with Gasteiger partial charge in [-0.1, -0.05) is 26.0 Å². The van der Waals surface area contributed by atoms with Crippen molar-refractivity contribution in [3.8, 4) is 11.3 Å². The highest BCUT2D eigenvalue weighted by Crippen LogP contribution is 2.27. The van der Waals surface area contributed by atoms with Gasteiger partial charge in [0.1, 0.15) is 17.3 Å². The predicted octanol–water partition coefficient (Wildman–Crippen LogP) is 3.15. The maximum Gasteiger partial charge on any atom is 0.272 e. The van der Waals surface area contributed by atoms with E-state index in [0.717, 1.165) is 11.6 Å². The number of nitrogens with zero attached hydrogens (tertiary/aromatic N) is 5. The van der Waals surface area contributed by atoms with Crippen LogP contribution in [-0.4, -0.2) is 42.3 Å². The number of hydrogen-bond donors (Lipinski definition) is 1. The summed E-state index contributed by atoms with van der Waals surface area (Å²) in [5.74, 6) is 1.43. The van der Waals surface area contributed by atoms with Gasteiger partial charge in [-0.15, -0.1) is 10.2 Å². The van der Waals surface area contributed by atoms with Crippen LogP contribution in [0.2, 0.25) is 0 Å². The van der Waals surface area contributed by atoms with Crippen LogP contribution in [0.3, 0.4) is 0 Å². The summed E-state index contributed by atoms with van der Waals surface area (Å²) in [6.45, 7) is 7.15. The molecule has 0 saturated carbocycles. The van der Waals surface area contributed by atoms with E-state index in [2.05, 4.69) is 45.7 Å². The Morgan fingerprint density at radius 1 is 1.30 bits per heavy atom. The summed E-state index contributed by atoms with van der Waals surface area (Å²) in [7, 11) is 0. The molecular weight excluding hydrogens is 347 g/mol. The minimum atomic E-state index is -0.371. The van der Waals surface area contributed by atoms with Crippen LogP contribution >= 0.6 is 0 Å². The third-order valence-electron chi connectivity index (χ3n) is 4.81. The smallest absolute Gasteiger partial charge is 0.272 e. The number of hydrogen-bond acceptors (Lipinski definition) is 4. The molecule has 4 rings (SSSR count). The third-order valence-corrected chi connectivity index (χ3v) is 4.81. The molecule has 7 nitrogen and oxygen atoms in total. The maximum atomic E-state index is 14.0. The normalized spacial score (nSPS) is 16.6. The molecule has 0 fully saturated rings. The summed E-state index contributed by atoms with van der Waals surface area (Å²) in [5, 5.41) is 15.4. The minimum absolute atomic E-state index is 0.0825. The van der Waals surface area contributed by atoms with Crippen molar-refractivity contribution in [1.82, 2.24) is 29.9 Å². The van der Waals surface area contributed by atoms with Gasteiger partial charge >= 0.3 is 0 Å². The summed E-state index contributed by atoms with van der Waals surface area (Å²) < 4.78 is 16.1. The van der Waals surface area contributed by atoms with Gasteiger partial charge in [0.25, 0.3) is 5.91 Å². The number of rotatable bonds is 3. The van der Waals surface area contributed by atoms with E-state index in [1.165, 1.54) is 6.07 Å². The van der Waals surface area contributed by atoms with Gasteiger partial charge in [0, 0.05) is 18.0 Å². The first-order valence-electron chi connectivity index (χ1n) is 8.99. The molecule has 0 bridgehead atoms. The molecule has 1 aliphatic rings. The van der Waals surface area contributed by atoms with Gasteiger partial charge in [0.15, 0.2) is 5.82 Å². The second-order valence-corrected chi connectivity index (χ2v) is 7.18. The molecule has 2 aromatic heterocycles. The lowest BCUT2D eigenvalue weighted by Crippen LogP contribution is -2.41. The van der Waals surface area contributed by atoms with Gasteiger partial charge in [-0.25, -0.2) is 4.39 Å². The number of fused-ring (bicyclic) bond motifs is 1. The number of carbonyl (C=O) groups is 1. The fourth-order valence-electron chi connectivity index (χ4n) is 3.52. The zero-order chi connectivity index (χ0) is 19.1. The third kappa shape index (κ3) is 3.01. The minimum Gasteiger partial charge on any atom is -0.328 e. The van der Waals surface area contributed by atoms with Crippen LogP contribution < -0.4 is 0 Å². The van der Waals surface area contributed by atoms with Crippen molar-refractivity contribution in [2.45, 2.75) is 39.3 Å². The summed E-state index contributed by atoms with van der Waals surface area (Å²) >= 11 is 0. The Labute approximate surface area is 156 Å². The van der Waals surface area contributed by atoms with E-state index in [9.17, 15) is 9.18 Å². The lowest BCUT2D eigenvalue weighted by Gasteiger charge is -2.32. The molecule has 27 heavy (non-hydrogen) atoms. The highest BCUT2D eigenvalue weighted by atomic mass is 19.1. The Kier molecular flexibility index (Phi) is 4.25. The van der Waals surface area contributed by atoms with Crippen molar-refractivity contribution in [2.75, 3.05) is 6.54 Å². The number of H-pyrrole nitrogens is 1. The molecule has 1 amide bonds. The molecule has 0 unspecified atom stereocenters. The molecule has 3 heterocycles. The van der Waals surface area contributed by atoms with E-state index in [0.29, 0.717) is 30.0 Å². The highest BCUT2D eigenvalue weighted by Gasteiger charge is 2.31. The van der Waals surface area contributed by atoms with Gasteiger partial charge in [0.2, 0.25) is 0 Å². The number of halogens is 1. The van der Waals surface area contributed by atoms with Crippen molar-refractivity contribution >= 4 is 5.91 Å². The number of aromatic amines is 1. The first-order valence-corrected chi connectivity index (χ1v) is 8.99. The Morgan fingerprint density at radius 2 is 2.07 bits per heavy atom. The van der Waals surface area contributed by atoms with Crippen LogP contribution in [0.15, 0.2) is 30.3 Å². The topological polar surface area (TPSA) is 79.7 Å². The SMILES string of the molecule is CC(C)c1nnc2n1[C@@H](C)CN(C(=O)c1cc(-c3ccccc3F)n[nH]1)C2. The molecule has 8 heteroatoms. The standard InChI is InChI=1S/C19H21FN6O/c1-11(2)18-24-23-17-10-25(9-12(3)26(17)18)19(27)16-8-15(21-22-16)13-6-4-5-7-14(13)20/h4-8,11-12H,9-10H2,1-3H3,(H,21,22)/t12-/m0/s1. The Hall–Kier alpha value is -3.03. The lowest BCUT2D eigenvalue weighted by atomic mass is 10.1. The zero-order valence-electron chi connectivity index (χ0n) is 15.5. The highest BCUT2D eigenvalue weighted by molar-refractivity contribution is 5.93. The van der Waals surface area contributed by atoms with Crippen LogP contribution in [0.25, 0.3) is 11.3 Å². The molecule has 1 N–H and O–H groups in total. The summed E-state index contributed by atoms with van der Waals surface area (Å²) in [5.41, 5.74) is 1.10. The quantitative estimate of drug-likeness (QED) is 0.770. The van der Waals surface area contributed by atoms with Crippen LogP contribution in [0.5, 0.6) is 0 Å². The zero-order valence-corrected chi connectivity index (χ0v) is 15.5. The monoisotopic (exact) mass is 368 g/mol. The number of benzene rings is 1. The van der Waals surface area contributed by atoms with Crippen molar-refractivity contribution < 1.29 is 9.18 Å². The summed E-state index contributed by atoms with van der Waals surface area (Å²) in [6, 6.07) is 8.04. The number of carbonyl (C=O) groups excluding carboxylic acids is 1. The Balaban J connectivity index is 1.58. The molecule has 0 aliphatic carbocycles. The summed E-state index contributed by atoms with van der Waals surface area (Å²) in [4.78, 5) is 14.6. The van der Waals surface area contributed by atoms with E-state index >= 15 is 0 Å². The van der Waals surface area contributed by atoms with Crippen LogP contribution in [0.4, 0.5) is 4.39 Å². The second kappa shape index (κ2) is 6.61. The van der Waals surface area contributed by atoms with Gasteiger partial charge in [-0.05, 0) is 25.1 Å². The number of nitrogens with one attached hydrogen (secondary N) is 1. The predicted molar refractivity (Wildman–Crippen MR) is 97.5 cm³/mol. The Bertz CT molecular complexity index is 992. The van der Waals surface area contributed by atoms with Crippen molar-refractivity contribution in [3.05, 3.63) is 53.5 Å².